The van der Waals surface area contributed by atoms with Crippen molar-refractivity contribution >= 4 is 6.02 Å². The number of alkyl halides is 2. The van der Waals surface area contributed by atoms with Crippen LogP contribution < -0.4 is 5.73 Å². The van der Waals surface area contributed by atoms with Crippen LogP contribution in [0, 0.1) is 0 Å². The van der Waals surface area contributed by atoms with Gasteiger partial charge in [-0.2, -0.15) is 0 Å². The van der Waals surface area contributed by atoms with Gasteiger partial charge in [0.2, 0.25) is 0 Å². The number of methoxy groups -OCH3 is 1. The Bertz CT molecular complexity index is 211. The van der Waals surface area contributed by atoms with Gasteiger partial charge in [0.05, 0.1) is 6.04 Å². The van der Waals surface area contributed by atoms with E-state index in [2.05, 4.69) is 9.73 Å². The van der Waals surface area contributed by atoms with E-state index in [-0.39, 0.29) is 6.02 Å². The Morgan fingerprint density at radius 2 is 2.23 bits per heavy atom. The van der Waals surface area contributed by atoms with Crippen molar-refractivity contribution < 1.29 is 18.3 Å². The second-order valence-corrected chi connectivity index (χ2v) is 2.83. The third-order valence-corrected chi connectivity index (χ3v) is 1.91. The molecule has 6 heteroatoms. The number of hydrogen-bond acceptors (Lipinski definition) is 4. The molecule has 1 heterocycles. The van der Waals surface area contributed by atoms with E-state index in [4.69, 9.17) is 10.5 Å². The van der Waals surface area contributed by atoms with Crippen molar-refractivity contribution in [2.45, 2.75) is 31.6 Å². The highest BCUT2D eigenvalue weighted by molar-refractivity contribution is 5.72. The third kappa shape index (κ3) is 2.06. The summed E-state index contributed by atoms with van der Waals surface area (Å²) in [5, 5.41) is 0. The van der Waals surface area contributed by atoms with Crippen LogP contribution in [0.1, 0.15) is 6.92 Å². The van der Waals surface area contributed by atoms with E-state index >= 15 is 0 Å². The highest BCUT2D eigenvalue weighted by Crippen LogP contribution is 2.21. The molecule has 0 saturated heterocycles. The van der Waals surface area contributed by atoms with E-state index in [0.29, 0.717) is 0 Å². The fourth-order valence-electron chi connectivity index (χ4n) is 1.31. The molecular weight excluding hydrogens is 182 g/mol. The van der Waals surface area contributed by atoms with Gasteiger partial charge in [-0.25, -0.2) is 13.8 Å². The highest BCUT2D eigenvalue weighted by atomic mass is 19.3. The van der Waals surface area contributed by atoms with Gasteiger partial charge in [-0.1, -0.05) is 0 Å². The van der Waals surface area contributed by atoms with E-state index < -0.39 is 24.7 Å². The monoisotopic (exact) mass is 194 g/mol. The number of nitrogens with two attached hydrogens (primary N) is 1. The average molecular weight is 194 g/mol. The molecule has 0 aromatic carbocycles. The van der Waals surface area contributed by atoms with Gasteiger partial charge in [0, 0.05) is 7.11 Å². The van der Waals surface area contributed by atoms with Crippen molar-refractivity contribution in [2.24, 2.45) is 10.7 Å². The Labute approximate surface area is 74.7 Å². The summed E-state index contributed by atoms with van der Waals surface area (Å²) in [6, 6.07) is -0.608. The van der Waals surface area contributed by atoms with Crippen LogP contribution >= 0.6 is 0 Å². The molecule has 0 saturated carbocycles. The van der Waals surface area contributed by atoms with Crippen LogP contribution in [0.2, 0.25) is 0 Å². The number of amidine groups is 1. The van der Waals surface area contributed by atoms with Crippen LogP contribution in [0.4, 0.5) is 8.78 Å². The van der Waals surface area contributed by atoms with Gasteiger partial charge in [0.1, 0.15) is 6.10 Å². The molecule has 3 atom stereocenters. The molecular formula is C7H12F2N2O2. The minimum atomic E-state index is -2.62. The molecule has 0 radical (unpaired) electrons. The minimum absolute atomic E-state index is 0.203. The molecule has 0 fully saturated rings. The lowest BCUT2D eigenvalue weighted by Crippen LogP contribution is -2.49. The van der Waals surface area contributed by atoms with Gasteiger partial charge < -0.3 is 15.2 Å². The van der Waals surface area contributed by atoms with E-state index in [1.165, 1.54) is 7.11 Å². The third-order valence-electron chi connectivity index (χ3n) is 1.91. The van der Waals surface area contributed by atoms with Crippen LogP contribution in [-0.2, 0) is 9.47 Å². The van der Waals surface area contributed by atoms with E-state index in [9.17, 15) is 8.78 Å². The quantitative estimate of drug-likeness (QED) is 0.690. The van der Waals surface area contributed by atoms with Gasteiger partial charge in [-0.15, -0.1) is 0 Å². The zero-order chi connectivity index (χ0) is 10.0. The average Bonchev–Trinajstić information content (AvgIpc) is 2.02. The summed E-state index contributed by atoms with van der Waals surface area (Å²) in [7, 11) is 1.34. The SMILES string of the molecule is CO[C@@H]1[C@H](C)N=C(N)O[C@@H]1C(F)F. The molecule has 0 aromatic rings. The maximum absolute atomic E-state index is 12.4. The summed E-state index contributed by atoms with van der Waals surface area (Å²) in [5.41, 5.74) is 5.21. The van der Waals surface area contributed by atoms with Crippen LogP contribution in [0.5, 0.6) is 0 Å². The largest absolute Gasteiger partial charge is 0.453 e. The lowest BCUT2D eigenvalue weighted by Gasteiger charge is -2.32. The van der Waals surface area contributed by atoms with Crippen LogP contribution in [-0.4, -0.2) is 37.8 Å². The standard InChI is InChI=1S/C7H12F2N2O2/c1-3-4(12-2)5(6(8)9)13-7(10)11-3/h3-6H,1-2H3,(H2,10,11)/t3-,4+,5-/m0/s1. The second-order valence-electron chi connectivity index (χ2n) is 2.83. The lowest BCUT2D eigenvalue weighted by atomic mass is 10.1. The first-order chi connectivity index (χ1) is 6.06. The molecule has 0 aliphatic carbocycles. The van der Waals surface area contributed by atoms with E-state index in [1.54, 1.807) is 6.92 Å². The summed E-state index contributed by atoms with van der Waals surface area (Å²) in [6.07, 6.45) is -4.69. The van der Waals surface area contributed by atoms with Gasteiger partial charge in [-0.3, -0.25) is 0 Å². The summed E-state index contributed by atoms with van der Waals surface area (Å²) >= 11 is 0. The molecule has 0 spiro atoms. The maximum atomic E-state index is 12.4. The number of rotatable bonds is 2. The number of nitrogens with zero attached hydrogens (tertiary/aromatic N) is 1. The van der Waals surface area contributed by atoms with Crippen LogP contribution in [0.25, 0.3) is 0 Å². The van der Waals surface area contributed by atoms with Gasteiger partial charge in [0.15, 0.2) is 6.10 Å². The van der Waals surface area contributed by atoms with Crippen molar-refractivity contribution in [2.75, 3.05) is 7.11 Å². The Balaban J connectivity index is 2.78. The molecule has 0 unspecified atom stereocenters. The Kier molecular flexibility index (Phi) is 3.02. The minimum Gasteiger partial charge on any atom is -0.453 e. The molecule has 76 valence electrons. The second kappa shape index (κ2) is 3.87. The number of halogens is 2. The lowest BCUT2D eigenvalue weighted by molar-refractivity contribution is -0.0982. The predicted molar refractivity (Wildman–Crippen MR) is 42.8 cm³/mol. The smallest absolute Gasteiger partial charge is 0.282 e. The zero-order valence-corrected chi connectivity index (χ0v) is 7.41. The first kappa shape index (κ1) is 10.2. The Hall–Kier alpha value is -0.910. The zero-order valence-electron chi connectivity index (χ0n) is 7.41. The van der Waals surface area contributed by atoms with Crippen molar-refractivity contribution in [3.8, 4) is 0 Å². The van der Waals surface area contributed by atoms with Crippen LogP contribution in [0.15, 0.2) is 4.99 Å². The van der Waals surface area contributed by atoms with E-state index in [1.807, 2.05) is 0 Å². The fraction of sp³-hybridized carbons (Fsp3) is 0.857. The fourth-order valence-corrected chi connectivity index (χ4v) is 1.31. The van der Waals surface area contributed by atoms with Gasteiger partial charge in [0.25, 0.3) is 12.4 Å². The van der Waals surface area contributed by atoms with Crippen molar-refractivity contribution in [1.82, 2.24) is 0 Å². The Morgan fingerprint density at radius 3 is 2.69 bits per heavy atom. The highest BCUT2D eigenvalue weighted by Gasteiger charge is 2.39. The summed E-state index contributed by atoms with van der Waals surface area (Å²) in [5.74, 6) is 0. The predicted octanol–water partition coefficient (Wildman–Crippen LogP) is 0.368. The Morgan fingerprint density at radius 1 is 1.62 bits per heavy atom. The molecule has 2 N–H and O–H groups in total. The maximum Gasteiger partial charge on any atom is 0.282 e. The van der Waals surface area contributed by atoms with Gasteiger partial charge >= 0.3 is 0 Å². The molecule has 1 aliphatic rings. The van der Waals surface area contributed by atoms with E-state index in [0.717, 1.165) is 0 Å². The number of ether oxygens (including phenoxy) is 2. The molecule has 0 amide bonds. The molecule has 0 aromatic heterocycles. The first-order valence-corrected chi connectivity index (χ1v) is 3.87. The summed E-state index contributed by atoms with van der Waals surface area (Å²) < 4.78 is 34.3. The summed E-state index contributed by atoms with van der Waals surface area (Å²) in [6.45, 7) is 1.65. The van der Waals surface area contributed by atoms with Crippen LogP contribution in [0.3, 0.4) is 0 Å². The molecule has 1 rings (SSSR count). The molecule has 13 heavy (non-hydrogen) atoms. The topological polar surface area (TPSA) is 56.8 Å². The number of hydrogen-bond donors (Lipinski definition) is 1. The number of aliphatic imine (C=N–C) groups is 1. The first-order valence-electron chi connectivity index (χ1n) is 3.87. The van der Waals surface area contributed by atoms with Crippen molar-refractivity contribution in [3.63, 3.8) is 0 Å². The normalized spacial score (nSPS) is 34.2. The molecule has 0 bridgehead atoms. The van der Waals surface area contributed by atoms with Crippen molar-refractivity contribution in [1.29, 1.82) is 0 Å². The van der Waals surface area contributed by atoms with Crippen molar-refractivity contribution in [3.05, 3.63) is 0 Å². The molecule has 4 nitrogen and oxygen atoms in total. The molecule has 1 aliphatic heterocycles. The van der Waals surface area contributed by atoms with Gasteiger partial charge in [-0.05, 0) is 6.92 Å². The summed E-state index contributed by atoms with van der Waals surface area (Å²) in [4.78, 5) is 3.78.